The number of hydrogen-bond donors (Lipinski definition) is 1. The molecule has 28 heavy (non-hydrogen) atoms. The number of nitriles is 1. The van der Waals surface area contributed by atoms with E-state index in [9.17, 15) is 19.7 Å². The van der Waals surface area contributed by atoms with E-state index in [4.69, 9.17) is 10.00 Å². The van der Waals surface area contributed by atoms with E-state index in [1.807, 2.05) is 0 Å². The molecular weight excluding hydrogens is 434 g/mol. The maximum atomic E-state index is 12.5. The average Bonchev–Trinajstić information content (AvgIpc) is 2.66. The summed E-state index contributed by atoms with van der Waals surface area (Å²) in [6.45, 7) is -0.431. The topological polar surface area (TPSA) is 143 Å². The summed E-state index contributed by atoms with van der Waals surface area (Å²) in [6, 6.07) is 10.8. The molecule has 0 aliphatic heterocycles. The van der Waals surface area contributed by atoms with Crippen LogP contribution in [-0.4, -0.2) is 27.4 Å². The van der Waals surface area contributed by atoms with Crippen molar-refractivity contribution >= 4 is 38.7 Å². The van der Waals surface area contributed by atoms with E-state index in [-0.39, 0.29) is 16.7 Å². The first-order valence-electron chi connectivity index (χ1n) is 7.68. The Kier molecular flexibility index (Phi) is 5.32. The number of benzene rings is 2. The molecule has 0 bridgehead atoms. The molecule has 0 fully saturated rings. The minimum Gasteiger partial charge on any atom is -0.471 e. The van der Waals surface area contributed by atoms with Crippen molar-refractivity contribution < 1.29 is 9.66 Å². The number of aromatic nitrogens is 2. The van der Waals surface area contributed by atoms with Gasteiger partial charge < -0.3 is 9.72 Å². The van der Waals surface area contributed by atoms with E-state index in [1.165, 1.54) is 18.2 Å². The van der Waals surface area contributed by atoms with E-state index >= 15 is 0 Å². The molecule has 140 valence electrons. The second-order valence-electron chi connectivity index (χ2n) is 5.38. The Labute approximate surface area is 164 Å². The fourth-order valence-corrected chi connectivity index (χ4v) is 2.93. The number of aromatic amines is 1. The second-order valence-corrected chi connectivity index (χ2v) is 6.30. The van der Waals surface area contributed by atoms with Gasteiger partial charge in [0.1, 0.15) is 6.07 Å². The van der Waals surface area contributed by atoms with Crippen LogP contribution in [0.15, 0.2) is 55.6 Å². The average molecular weight is 444 g/mol. The zero-order valence-electron chi connectivity index (χ0n) is 14.0. The molecule has 0 atom stereocenters. The van der Waals surface area contributed by atoms with Gasteiger partial charge >= 0.3 is 11.4 Å². The molecule has 0 aliphatic carbocycles. The van der Waals surface area contributed by atoms with Gasteiger partial charge in [0.15, 0.2) is 6.61 Å². The predicted octanol–water partition coefficient (Wildman–Crippen LogP) is 2.15. The van der Waals surface area contributed by atoms with E-state index in [0.717, 1.165) is 6.21 Å². The molecule has 2 aromatic carbocycles. The van der Waals surface area contributed by atoms with Crippen molar-refractivity contribution in [3.05, 3.63) is 77.4 Å². The lowest BCUT2D eigenvalue weighted by atomic mass is 10.2. The minimum atomic E-state index is -0.774. The summed E-state index contributed by atoms with van der Waals surface area (Å²) in [6.07, 6.45) is 1.08. The smallest absolute Gasteiger partial charge is 0.349 e. The highest BCUT2D eigenvalue weighted by Crippen LogP contribution is 2.33. The van der Waals surface area contributed by atoms with E-state index < -0.39 is 28.5 Å². The van der Waals surface area contributed by atoms with Gasteiger partial charge in [0.25, 0.3) is 5.56 Å². The molecule has 10 nitrogen and oxygen atoms in total. The van der Waals surface area contributed by atoms with Crippen LogP contribution in [0, 0.1) is 21.4 Å². The molecule has 3 rings (SSSR count). The lowest BCUT2D eigenvalue weighted by Gasteiger charge is -2.07. The number of ether oxygens (including phenoxy) is 1. The molecule has 0 aliphatic rings. The van der Waals surface area contributed by atoms with Gasteiger partial charge in [-0.3, -0.25) is 14.9 Å². The summed E-state index contributed by atoms with van der Waals surface area (Å²) in [5.41, 5.74) is -1.36. The van der Waals surface area contributed by atoms with Crippen LogP contribution in [-0.2, 0) is 0 Å². The fourth-order valence-electron chi connectivity index (χ4n) is 2.47. The number of nitrogens with zero attached hydrogens (tertiary/aromatic N) is 4. The lowest BCUT2D eigenvalue weighted by molar-refractivity contribution is -0.385. The van der Waals surface area contributed by atoms with Crippen LogP contribution >= 0.6 is 15.9 Å². The number of para-hydroxylation sites is 1. The maximum Gasteiger partial charge on any atom is 0.349 e. The molecular formula is C17H10BrN5O5. The van der Waals surface area contributed by atoms with Crippen LogP contribution in [0.25, 0.3) is 10.9 Å². The third-order valence-electron chi connectivity index (χ3n) is 3.64. The molecule has 0 spiro atoms. The molecule has 0 saturated heterocycles. The van der Waals surface area contributed by atoms with Crippen LogP contribution in [0.4, 0.5) is 5.69 Å². The second kappa shape index (κ2) is 7.85. The third kappa shape index (κ3) is 3.67. The number of halogens is 1. The highest BCUT2D eigenvalue weighted by atomic mass is 79.9. The number of rotatable bonds is 5. The largest absolute Gasteiger partial charge is 0.471 e. The van der Waals surface area contributed by atoms with Gasteiger partial charge in [-0.15, -0.1) is 4.68 Å². The molecule has 1 aromatic heterocycles. The van der Waals surface area contributed by atoms with Gasteiger partial charge in [0, 0.05) is 16.1 Å². The molecule has 0 radical (unpaired) electrons. The SMILES string of the molecule is N#CCOc1c(C=Nn2c(=O)[nH]c3ccccc3c2=O)cc(Br)cc1[N+](=O)[O-]. The summed E-state index contributed by atoms with van der Waals surface area (Å²) in [5.74, 6) is -0.205. The number of nitrogens with one attached hydrogen (secondary N) is 1. The molecule has 1 N–H and O–H groups in total. The first kappa shape index (κ1) is 19.0. The molecule has 0 saturated carbocycles. The molecule has 3 aromatic rings. The Bertz CT molecular complexity index is 1270. The standard InChI is InChI=1S/C17H10BrN5O5/c18-11-7-10(15(28-6-5-19)14(8-11)23(26)27)9-20-22-16(24)12-3-1-2-4-13(12)21-17(22)25/h1-4,7-9H,6H2,(H,21,25). The van der Waals surface area contributed by atoms with Crippen molar-refractivity contribution in [2.24, 2.45) is 5.10 Å². The van der Waals surface area contributed by atoms with Crippen LogP contribution < -0.4 is 16.0 Å². The van der Waals surface area contributed by atoms with Crippen molar-refractivity contribution in [2.75, 3.05) is 6.61 Å². The van der Waals surface area contributed by atoms with Gasteiger partial charge in [0.2, 0.25) is 5.75 Å². The quantitative estimate of drug-likeness (QED) is 0.363. The Morgan fingerprint density at radius 2 is 2.11 bits per heavy atom. The molecule has 0 unspecified atom stereocenters. The monoisotopic (exact) mass is 443 g/mol. The molecule has 11 heteroatoms. The van der Waals surface area contributed by atoms with Crippen LogP contribution in [0.3, 0.4) is 0 Å². The van der Waals surface area contributed by atoms with Crippen LogP contribution in [0.5, 0.6) is 5.75 Å². The Morgan fingerprint density at radius 3 is 2.82 bits per heavy atom. The van der Waals surface area contributed by atoms with Gasteiger partial charge in [-0.05, 0) is 18.2 Å². The van der Waals surface area contributed by atoms with Crippen LogP contribution in [0.1, 0.15) is 5.56 Å². The first-order valence-corrected chi connectivity index (χ1v) is 8.48. The predicted molar refractivity (Wildman–Crippen MR) is 104 cm³/mol. The highest BCUT2D eigenvalue weighted by molar-refractivity contribution is 9.10. The Balaban J connectivity index is 2.16. The number of nitro groups is 1. The van der Waals surface area contributed by atoms with Crippen molar-refractivity contribution in [1.82, 2.24) is 9.66 Å². The van der Waals surface area contributed by atoms with E-state index in [0.29, 0.717) is 14.7 Å². The summed E-state index contributed by atoms with van der Waals surface area (Å²) in [4.78, 5) is 37.8. The molecule has 0 amide bonds. The fraction of sp³-hybridized carbons (Fsp3) is 0.0588. The number of nitro benzene ring substituents is 1. The van der Waals surface area contributed by atoms with Crippen molar-refractivity contribution in [3.63, 3.8) is 0 Å². The number of H-pyrrole nitrogens is 1. The van der Waals surface area contributed by atoms with Crippen LogP contribution in [0.2, 0.25) is 0 Å². The summed E-state index contributed by atoms with van der Waals surface area (Å²) >= 11 is 3.15. The first-order chi connectivity index (χ1) is 13.4. The maximum absolute atomic E-state index is 12.5. The van der Waals surface area contributed by atoms with Crippen molar-refractivity contribution in [2.45, 2.75) is 0 Å². The Hall–Kier alpha value is -3.78. The zero-order valence-corrected chi connectivity index (χ0v) is 15.5. The van der Waals surface area contributed by atoms with Gasteiger partial charge in [-0.25, -0.2) is 4.79 Å². The summed E-state index contributed by atoms with van der Waals surface area (Å²) < 4.78 is 6.12. The summed E-state index contributed by atoms with van der Waals surface area (Å²) in [7, 11) is 0. The number of fused-ring (bicyclic) bond motifs is 1. The molecule has 1 heterocycles. The number of hydrogen-bond acceptors (Lipinski definition) is 7. The van der Waals surface area contributed by atoms with Gasteiger partial charge in [-0.1, -0.05) is 28.1 Å². The van der Waals surface area contributed by atoms with Crippen molar-refractivity contribution in [1.29, 1.82) is 5.26 Å². The van der Waals surface area contributed by atoms with Gasteiger partial charge in [0.05, 0.1) is 22.0 Å². The minimum absolute atomic E-state index is 0.107. The third-order valence-corrected chi connectivity index (χ3v) is 4.09. The van der Waals surface area contributed by atoms with Crippen molar-refractivity contribution in [3.8, 4) is 11.8 Å². The Morgan fingerprint density at radius 1 is 1.36 bits per heavy atom. The lowest BCUT2D eigenvalue weighted by Crippen LogP contribution is -2.32. The van der Waals surface area contributed by atoms with E-state index in [1.54, 1.807) is 24.3 Å². The summed E-state index contributed by atoms with van der Waals surface area (Å²) in [5, 5.41) is 24.1. The normalized spacial score (nSPS) is 10.9. The van der Waals surface area contributed by atoms with E-state index in [2.05, 4.69) is 26.0 Å². The highest BCUT2D eigenvalue weighted by Gasteiger charge is 2.20. The van der Waals surface area contributed by atoms with Gasteiger partial charge in [-0.2, -0.15) is 10.4 Å². The zero-order chi connectivity index (χ0) is 20.3.